The second-order valence-corrected chi connectivity index (χ2v) is 5.06. The molecule has 2 rings (SSSR count). The Hall–Kier alpha value is -1.35. The number of phenolic OH excluding ortho intramolecular Hbond substituents is 1. The Kier molecular flexibility index (Phi) is 4.02. The van der Waals surface area contributed by atoms with E-state index in [4.69, 9.17) is 0 Å². The van der Waals surface area contributed by atoms with Crippen molar-refractivity contribution in [2.24, 2.45) is 0 Å². The molecule has 1 aromatic carbocycles. The third kappa shape index (κ3) is 2.41. The molecule has 0 bridgehead atoms. The van der Waals surface area contributed by atoms with Gasteiger partial charge in [0.1, 0.15) is 11.5 Å². The molecule has 18 heavy (non-hydrogen) atoms. The molecule has 0 atom stereocenters. The lowest BCUT2D eigenvalue weighted by atomic mass is 9.69. The van der Waals surface area contributed by atoms with Crippen molar-refractivity contribution in [2.75, 3.05) is 13.1 Å². The maximum atomic E-state index is 12.5. The van der Waals surface area contributed by atoms with Gasteiger partial charge in [-0.15, -0.1) is 0 Å². The summed E-state index contributed by atoms with van der Waals surface area (Å²) in [4.78, 5) is 12.5. The Morgan fingerprint density at radius 1 is 1.39 bits per heavy atom. The number of rotatable bonds is 4. The summed E-state index contributed by atoms with van der Waals surface area (Å²) in [6, 6.07) is 7.20. The maximum absolute atomic E-state index is 12.5. The normalized spacial score (nSPS) is 18.5. The van der Waals surface area contributed by atoms with Gasteiger partial charge in [-0.05, 0) is 50.0 Å². The van der Waals surface area contributed by atoms with Crippen molar-refractivity contribution >= 4 is 5.78 Å². The molecule has 3 heteroatoms. The molecule has 0 radical (unpaired) electrons. The number of ketones is 1. The van der Waals surface area contributed by atoms with Crippen LogP contribution >= 0.6 is 0 Å². The van der Waals surface area contributed by atoms with Gasteiger partial charge in [-0.3, -0.25) is 4.79 Å². The van der Waals surface area contributed by atoms with Crippen molar-refractivity contribution in [1.82, 2.24) is 5.32 Å². The highest BCUT2D eigenvalue weighted by Gasteiger charge is 2.40. The number of carbonyl (C=O) groups excluding carboxylic acids is 1. The number of hydrogen-bond acceptors (Lipinski definition) is 3. The first-order valence-electron chi connectivity index (χ1n) is 6.72. The third-order valence-electron chi connectivity index (χ3n) is 3.87. The molecule has 1 aliphatic rings. The minimum Gasteiger partial charge on any atom is -0.508 e. The summed E-state index contributed by atoms with van der Waals surface area (Å²) in [6.07, 6.45) is 3.16. The Bertz CT molecular complexity index is 422. The predicted octanol–water partition coefficient (Wildman–Crippen LogP) is 2.38. The van der Waals surface area contributed by atoms with Crippen molar-refractivity contribution in [1.29, 1.82) is 0 Å². The average molecular weight is 247 g/mol. The number of phenols is 1. The van der Waals surface area contributed by atoms with Crippen LogP contribution in [0.15, 0.2) is 24.3 Å². The zero-order valence-electron chi connectivity index (χ0n) is 10.9. The molecular weight excluding hydrogens is 226 g/mol. The molecule has 0 aromatic heterocycles. The highest BCUT2D eigenvalue weighted by atomic mass is 16.3. The van der Waals surface area contributed by atoms with E-state index in [0.717, 1.165) is 37.9 Å². The maximum Gasteiger partial charge on any atom is 0.143 e. The van der Waals surface area contributed by atoms with Crippen LogP contribution in [0.25, 0.3) is 0 Å². The van der Waals surface area contributed by atoms with Crippen LogP contribution in [0.3, 0.4) is 0 Å². The zero-order chi connectivity index (χ0) is 13.0. The number of carbonyl (C=O) groups is 1. The van der Waals surface area contributed by atoms with E-state index in [-0.39, 0.29) is 11.2 Å². The lowest BCUT2D eigenvalue weighted by Crippen LogP contribution is -2.45. The standard InChI is InChI=1S/C15H21NO2/c1-2-4-14(18)15(7-9-16-10-8-15)12-5-3-6-13(17)11-12/h3,5-6,11,16-17H,2,4,7-10H2,1H3. The van der Waals surface area contributed by atoms with Crippen molar-refractivity contribution in [3.05, 3.63) is 29.8 Å². The van der Waals surface area contributed by atoms with Gasteiger partial charge in [0.05, 0.1) is 5.41 Å². The van der Waals surface area contributed by atoms with E-state index in [2.05, 4.69) is 5.32 Å². The van der Waals surface area contributed by atoms with Crippen LogP contribution in [0.2, 0.25) is 0 Å². The number of piperidine rings is 1. The van der Waals surface area contributed by atoms with E-state index in [1.54, 1.807) is 12.1 Å². The minimum absolute atomic E-state index is 0.245. The van der Waals surface area contributed by atoms with Crippen molar-refractivity contribution in [3.8, 4) is 5.75 Å². The van der Waals surface area contributed by atoms with Crippen LogP contribution in [0.4, 0.5) is 0 Å². The fourth-order valence-corrected chi connectivity index (χ4v) is 2.85. The first-order chi connectivity index (χ1) is 8.69. The third-order valence-corrected chi connectivity index (χ3v) is 3.87. The van der Waals surface area contributed by atoms with Crippen LogP contribution in [-0.2, 0) is 10.2 Å². The van der Waals surface area contributed by atoms with Gasteiger partial charge in [-0.2, -0.15) is 0 Å². The smallest absolute Gasteiger partial charge is 0.143 e. The molecular formula is C15H21NO2. The molecule has 0 aliphatic carbocycles. The molecule has 98 valence electrons. The van der Waals surface area contributed by atoms with Crippen LogP contribution < -0.4 is 5.32 Å². The summed E-state index contributed by atoms with van der Waals surface area (Å²) in [7, 11) is 0. The van der Waals surface area contributed by atoms with E-state index in [0.29, 0.717) is 12.2 Å². The summed E-state index contributed by atoms with van der Waals surface area (Å²) in [5, 5.41) is 12.9. The van der Waals surface area contributed by atoms with E-state index in [1.807, 2.05) is 19.1 Å². The lowest BCUT2D eigenvalue weighted by molar-refractivity contribution is -0.125. The number of benzene rings is 1. The summed E-state index contributed by atoms with van der Waals surface area (Å²) in [5.41, 5.74) is 0.586. The fourth-order valence-electron chi connectivity index (χ4n) is 2.85. The molecule has 0 spiro atoms. The molecule has 1 fully saturated rings. The first-order valence-corrected chi connectivity index (χ1v) is 6.72. The Morgan fingerprint density at radius 3 is 2.72 bits per heavy atom. The van der Waals surface area contributed by atoms with E-state index < -0.39 is 0 Å². The van der Waals surface area contributed by atoms with Gasteiger partial charge in [0, 0.05) is 6.42 Å². The Balaban J connectivity index is 2.38. The lowest BCUT2D eigenvalue weighted by Gasteiger charge is -2.37. The quantitative estimate of drug-likeness (QED) is 0.859. The first kappa shape index (κ1) is 13.1. The highest BCUT2D eigenvalue weighted by molar-refractivity contribution is 5.90. The van der Waals surface area contributed by atoms with Gasteiger partial charge >= 0.3 is 0 Å². The molecule has 0 saturated carbocycles. The van der Waals surface area contributed by atoms with Crippen molar-refractivity contribution in [3.63, 3.8) is 0 Å². The molecule has 1 aromatic rings. The van der Waals surface area contributed by atoms with Gasteiger partial charge in [-0.1, -0.05) is 19.1 Å². The van der Waals surface area contributed by atoms with Crippen LogP contribution in [0.1, 0.15) is 38.2 Å². The summed E-state index contributed by atoms with van der Waals surface area (Å²) < 4.78 is 0. The SMILES string of the molecule is CCCC(=O)C1(c2cccc(O)c2)CCNCC1. The van der Waals surface area contributed by atoms with Crippen LogP contribution in [-0.4, -0.2) is 24.0 Å². The topological polar surface area (TPSA) is 49.3 Å². The second-order valence-electron chi connectivity index (χ2n) is 5.06. The molecule has 1 saturated heterocycles. The number of hydrogen-bond donors (Lipinski definition) is 2. The predicted molar refractivity (Wildman–Crippen MR) is 71.8 cm³/mol. The van der Waals surface area contributed by atoms with Gasteiger partial charge in [-0.25, -0.2) is 0 Å². The molecule has 1 heterocycles. The van der Waals surface area contributed by atoms with Crippen LogP contribution in [0.5, 0.6) is 5.75 Å². The molecule has 0 unspecified atom stereocenters. The van der Waals surface area contributed by atoms with Crippen molar-refractivity contribution < 1.29 is 9.90 Å². The van der Waals surface area contributed by atoms with Gasteiger partial charge in [0.2, 0.25) is 0 Å². The van der Waals surface area contributed by atoms with E-state index in [1.165, 1.54) is 0 Å². The fraction of sp³-hybridized carbons (Fsp3) is 0.533. The van der Waals surface area contributed by atoms with E-state index in [9.17, 15) is 9.90 Å². The Morgan fingerprint density at radius 2 is 2.11 bits per heavy atom. The van der Waals surface area contributed by atoms with E-state index >= 15 is 0 Å². The zero-order valence-corrected chi connectivity index (χ0v) is 10.9. The minimum atomic E-state index is -0.389. The molecule has 2 N–H and O–H groups in total. The van der Waals surface area contributed by atoms with Crippen LogP contribution in [0, 0.1) is 0 Å². The van der Waals surface area contributed by atoms with Gasteiger partial charge < -0.3 is 10.4 Å². The number of nitrogens with one attached hydrogen (secondary N) is 1. The summed E-state index contributed by atoms with van der Waals surface area (Å²) in [6.45, 7) is 3.77. The van der Waals surface area contributed by atoms with Gasteiger partial charge in [0.25, 0.3) is 0 Å². The largest absolute Gasteiger partial charge is 0.508 e. The number of aromatic hydroxyl groups is 1. The second kappa shape index (κ2) is 5.53. The average Bonchev–Trinajstić information content (AvgIpc) is 2.40. The summed E-state index contributed by atoms with van der Waals surface area (Å²) >= 11 is 0. The number of Topliss-reactive ketones (excluding diaryl/α,β-unsaturated/α-hetero) is 1. The molecule has 3 nitrogen and oxygen atoms in total. The van der Waals surface area contributed by atoms with Gasteiger partial charge in [0.15, 0.2) is 0 Å². The Labute approximate surface area is 108 Å². The van der Waals surface area contributed by atoms with Crippen molar-refractivity contribution in [2.45, 2.75) is 38.0 Å². The summed E-state index contributed by atoms with van der Waals surface area (Å²) in [5.74, 6) is 0.562. The molecule has 1 aliphatic heterocycles. The molecule has 0 amide bonds. The monoisotopic (exact) mass is 247 g/mol. The highest BCUT2D eigenvalue weighted by Crippen LogP contribution is 2.37.